The number of halogens is 4. The van der Waals surface area contributed by atoms with Crippen molar-refractivity contribution in [3.63, 3.8) is 0 Å². The number of nitrogens with one attached hydrogen (secondary N) is 1. The molecule has 0 aliphatic rings. The number of alkyl halides is 3. The molecule has 0 amide bonds. The van der Waals surface area contributed by atoms with Crippen LogP contribution in [0.5, 0.6) is 5.75 Å². The largest absolute Gasteiger partial charge is 0.497 e. The molecule has 5 nitrogen and oxygen atoms in total. The lowest BCUT2D eigenvalue weighted by atomic mass is 10.1. The summed E-state index contributed by atoms with van der Waals surface area (Å²) < 4.78 is 71.3. The second-order valence-electron chi connectivity index (χ2n) is 7.74. The van der Waals surface area contributed by atoms with Gasteiger partial charge in [-0.25, -0.2) is 8.42 Å². The van der Waals surface area contributed by atoms with Crippen LogP contribution in [0.4, 0.5) is 18.9 Å². The number of hydrogen-bond acceptors (Lipinski definition) is 4. The maximum Gasteiger partial charge on any atom is 0.416 e. The summed E-state index contributed by atoms with van der Waals surface area (Å²) in [5.74, 6) is 0.687. The third kappa shape index (κ3) is 6.11. The lowest BCUT2D eigenvalue weighted by Crippen LogP contribution is -2.26. The Balaban J connectivity index is 1.72. The van der Waals surface area contributed by atoms with Crippen LogP contribution in [0.3, 0.4) is 0 Å². The van der Waals surface area contributed by atoms with Crippen LogP contribution in [0, 0.1) is 0 Å². The zero-order chi connectivity index (χ0) is 25.1. The minimum Gasteiger partial charge on any atom is -0.497 e. The molecule has 0 bridgehead atoms. The number of sulfonamides is 1. The normalized spacial score (nSPS) is 13.1. The van der Waals surface area contributed by atoms with E-state index in [-0.39, 0.29) is 17.5 Å². The van der Waals surface area contributed by atoms with E-state index in [2.05, 4.69) is 21.2 Å². The van der Waals surface area contributed by atoms with E-state index in [4.69, 9.17) is 4.74 Å². The predicted molar refractivity (Wildman–Crippen MR) is 129 cm³/mol. The highest BCUT2D eigenvalue weighted by Gasteiger charge is 2.30. The van der Waals surface area contributed by atoms with Crippen molar-refractivity contribution in [3.05, 3.63) is 87.9 Å². The highest BCUT2D eigenvalue weighted by atomic mass is 79.9. The zero-order valence-corrected chi connectivity index (χ0v) is 21.1. The van der Waals surface area contributed by atoms with Crippen LogP contribution < -0.4 is 10.1 Å². The summed E-state index contributed by atoms with van der Waals surface area (Å²) >= 11 is 3.40. The Morgan fingerprint density at radius 3 is 2.18 bits per heavy atom. The van der Waals surface area contributed by atoms with Crippen LogP contribution in [0.15, 0.2) is 76.1 Å². The van der Waals surface area contributed by atoms with E-state index in [1.165, 1.54) is 35.6 Å². The summed E-state index contributed by atoms with van der Waals surface area (Å²) in [5, 5.41) is 3.19. The molecule has 0 aromatic heterocycles. The van der Waals surface area contributed by atoms with Gasteiger partial charge in [0.1, 0.15) is 5.75 Å². The van der Waals surface area contributed by atoms with Gasteiger partial charge in [0, 0.05) is 29.8 Å². The molecule has 0 heterocycles. The van der Waals surface area contributed by atoms with E-state index < -0.39 is 21.8 Å². The van der Waals surface area contributed by atoms with E-state index in [0.717, 1.165) is 17.7 Å². The lowest BCUT2D eigenvalue weighted by Gasteiger charge is -2.20. The molecule has 0 saturated heterocycles. The van der Waals surface area contributed by atoms with Gasteiger partial charge < -0.3 is 10.1 Å². The average Bonchev–Trinajstić information content (AvgIpc) is 2.80. The quantitative estimate of drug-likeness (QED) is 0.345. The predicted octanol–water partition coefficient (Wildman–Crippen LogP) is 6.47. The zero-order valence-electron chi connectivity index (χ0n) is 18.7. The van der Waals surface area contributed by atoms with Gasteiger partial charge in [-0.3, -0.25) is 0 Å². The number of rotatable bonds is 8. The van der Waals surface area contributed by atoms with Crippen LogP contribution in [0.1, 0.15) is 29.7 Å². The molecular formula is C24H24BrF3N2O3S. The van der Waals surface area contributed by atoms with Crippen LogP contribution in [-0.4, -0.2) is 26.9 Å². The van der Waals surface area contributed by atoms with E-state index in [1.807, 2.05) is 6.92 Å². The highest BCUT2D eigenvalue weighted by Crippen LogP contribution is 2.32. The molecule has 3 rings (SSSR count). The van der Waals surface area contributed by atoms with Crippen molar-refractivity contribution in [2.24, 2.45) is 0 Å². The molecule has 0 saturated carbocycles. The number of methoxy groups -OCH3 is 1. The van der Waals surface area contributed by atoms with Crippen molar-refractivity contribution in [3.8, 4) is 5.75 Å². The number of hydrogen-bond donors (Lipinski definition) is 1. The first-order chi connectivity index (χ1) is 15.9. The Morgan fingerprint density at radius 2 is 1.65 bits per heavy atom. The molecule has 10 heteroatoms. The SMILES string of the molecule is COc1ccc(CN(C)S(=O)(=O)c2ccc(NC(C)c3ccc(C(F)(F)F)cc3)c(Br)c2)cc1. The maximum absolute atomic E-state index is 13.0. The van der Waals surface area contributed by atoms with Crippen LogP contribution in [0.25, 0.3) is 0 Å². The minimum absolute atomic E-state index is 0.114. The van der Waals surface area contributed by atoms with Gasteiger partial charge in [-0.2, -0.15) is 17.5 Å². The molecule has 1 unspecified atom stereocenters. The summed E-state index contributed by atoms with van der Waals surface area (Å²) in [4.78, 5) is 0.114. The Bertz CT molecular complexity index is 1230. The van der Waals surface area contributed by atoms with Crippen LogP contribution >= 0.6 is 15.9 Å². The summed E-state index contributed by atoms with van der Waals surface area (Å²) in [5.41, 5.74) is 1.38. The molecule has 0 aliphatic heterocycles. The Hall–Kier alpha value is -2.56. The number of nitrogens with zero attached hydrogens (tertiary/aromatic N) is 1. The standard InChI is InChI=1S/C24H24BrF3N2O3S/c1-16(18-6-8-19(9-7-18)24(26,27)28)29-23-13-12-21(14-22(23)25)34(31,32)30(2)15-17-4-10-20(33-3)11-5-17/h4-14,16,29H,15H2,1-3H3. The van der Waals surface area contributed by atoms with Gasteiger partial charge in [0.15, 0.2) is 0 Å². The van der Waals surface area contributed by atoms with Gasteiger partial charge in [0.05, 0.1) is 17.6 Å². The molecule has 0 aliphatic carbocycles. The topological polar surface area (TPSA) is 58.6 Å². The maximum atomic E-state index is 13.0. The first-order valence-corrected chi connectivity index (χ1v) is 12.5. The van der Waals surface area contributed by atoms with E-state index >= 15 is 0 Å². The fourth-order valence-corrected chi connectivity index (χ4v) is 5.13. The average molecular weight is 557 g/mol. The molecule has 3 aromatic carbocycles. The van der Waals surface area contributed by atoms with Crippen molar-refractivity contribution in [1.82, 2.24) is 4.31 Å². The van der Waals surface area contributed by atoms with Gasteiger partial charge >= 0.3 is 6.18 Å². The Labute approximate surface area is 205 Å². The van der Waals surface area contributed by atoms with Gasteiger partial charge in [0.2, 0.25) is 10.0 Å². The highest BCUT2D eigenvalue weighted by molar-refractivity contribution is 9.10. The van der Waals surface area contributed by atoms with Crippen molar-refractivity contribution in [1.29, 1.82) is 0 Å². The third-order valence-corrected chi connectivity index (χ3v) is 7.78. The second-order valence-corrected chi connectivity index (χ2v) is 10.6. The number of anilines is 1. The summed E-state index contributed by atoms with van der Waals surface area (Å²) in [6.07, 6.45) is -4.39. The monoisotopic (exact) mass is 556 g/mol. The van der Waals surface area contributed by atoms with Gasteiger partial charge in [-0.15, -0.1) is 0 Å². The van der Waals surface area contributed by atoms with Gasteiger partial charge in [-0.05, 0) is 76.4 Å². The molecule has 34 heavy (non-hydrogen) atoms. The van der Waals surface area contributed by atoms with Crippen molar-refractivity contribution in [2.75, 3.05) is 19.5 Å². The van der Waals surface area contributed by atoms with E-state index in [9.17, 15) is 21.6 Å². The van der Waals surface area contributed by atoms with Crippen molar-refractivity contribution < 1.29 is 26.3 Å². The van der Waals surface area contributed by atoms with Crippen LogP contribution in [-0.2, 0) is 22.7 Å². The molecule has 182 valence electrons. The van der Waals surface area contributed by atoms with E-state index in [1.54, 1.807) is 37.4 Å². The first kappa shape index (κ1) is 26.1. The fraction of sp³-hybridized carbons (Fsp3) is 0.250. The van der Waals surface area contributed by atoms with E-state index in [0.29, 0.717) is 21.5 Å². The summed E-state index contributed by atoms with van der Waals surface area (Å²) in [7, 11) is -0.686. The Morgan fingerprint density at radius 1 is 1.03 bits per heavy atom. The van der Waals surface area contributed by atoms with Crippen molar-refractivity contribution >= 4 is 31.6 Å². The number of benzene rings is 3. The number of ether oxygens (including phenoxy) is 1. The second kappa shape index (κ2) is 10.4. The fourth-order valence-electron chi connectivity index (χ4n) is 3.30. The van der Waals surface area contributed by atoms with Crippen LogP contribution in [0.2, 0.25) is 0 Å². The molecule has 0 fully saturated rings. The molecule has 0 spiro atoms. The van der Waals surface area contributed by atoms with Gasteiger partial charge in [0.25, 0.3) is 0 Å². The first-order valence-electron chi connectivity index (χ1n) is 10.2. The molecular weight excluding hydrogens is 533 g/mol. The molecule has 0 radical (unpaired) electrons. The smallest absolute Gasteiger partial charge is 0.416 e. The molecule has 1 N–H and O–H groups in total. The molecule has 3 aromatic rings. The Kier molecular flexibility index (Phi) is 7.95. The van der Waals surface area contributed by atoms with Gasteiger partial charge in [-0.1, -0.05) is 24.3 Å². The molecule has 1 atom stereocenters. The lowest BCUT2D eigenvalue weighted by molar-refractivity contribution is -0.137. The summed E-state index contributed by atoms with van der Waals surface area (Å²) in [6, 6.07) is 16.4. The van der Waals surface area contributed by atoms with Crippen molar-refractivity contribution in [2.45, 2.75) is 30.6 Å². The minimum atomic E-state index is -4.39. The third-order valence-electron chi connectivity index (χ3n) is 5.32. The summed E-state index contributed by atoms with van der Waals surface area (Å²) in [6.45, 7) is 2.00.